The number of nitrogens with two attached hydrogens (primary N) is 2. The standard InChI is InChI=1S/C10H13N3O4S/c11-10(14)9-4-2-1-3-8(9)7-5-13(17-6-7)18(12,15)16/h1-4,7H,5-6H2,(H2,11,14)(H2,12,15,16)/t7-/m0/s1. The summed E-state index contributed by atoms with van der Waals surface area (Å²) in [5, 5.41) is 4.96. The zero-order chi connectivity index (χ0) is 13.3. The van der Waals surface area contributed by atoms with Crippen LogP contribution >= 0.6 is 0 Å². The van der Waals surface area contributed by atoms with E-state index >= 15 is 0 Å². The first-order valence-electron chi connectivity index (χ1n) is 5.21. The number of carbonyl (C=O) groups excluding carboxylic acids is 1. The normalized spacial score (nSPS) is 21.1. The van der Waals surface area contributed by atoms with Crippen molar-refractivity contribution in [1.82, 2.24) is 4.47 Å². The van der Waals surface area contributed by atoms with Gasteiger partial charge in [0.2, 0.25) is 5.91 Å². The molecule has 0 spiro atoms. The third kappa shape index (κ3) is 2.51. The number of primary amides is 1. The lowest BCUT2D eigenvalue weighted by Crippen LogP contribution is -2.33. The van der Waals surface area contributed by atoms with Gasteiger partial charge < -0.3 is 5.73 Å². The summed E-state index contributed by atoms with van der Waals surface area (Å²) >= 11 is 0. The van der Waals surface area contributed by atoms with Gasteiger partial charge in [-0.3, -0.25) is 9.63 Å². The number of hydrogen-bond acceptors (Lipinski definition) is 4. The Bertz CT molecular complexity index is 572. The molecule has 0 radical (unpaired) electrons. The van der Waals surface area contributed by atoms with Crippen molar-refractivity contribution in [3.8, 4) is 0 Å². The van der Waals surface area contributed by atoms with E-state index in [1.807, 2.05) is 0 Å². The van der Waals surface area contributed by atoms with Crippen LogP contribution in [0.25, 0.3) is 0 Å². The fraction of sp³-hybridized carbons (Fsp3) is 0.300. The Morgan fingerprint density at radius 2 is 2.06 bits per heavy atom. The minimum absolute atomic E-state index is 0.0725. The largest absolute Gasteiger partial charge is 0.366 e. The first-order chi connectivity index (χ1) is 8.39. The second kappa shape index (κ2) is 4.65. The average molecular weight is 271 g/mol. The van der Waals surface area contributed by atoms with Crippen LogP contribution in [0.15, 0.2) is 24.3 Å². The lowest BCUT2D eigenvalue weighted by molar-refractivity contribution is -0.0288. The molecule has 1 atom stereocenters. The molecule has 98 valence electrons. The van der Waals surface area contributed by atoms with Gasteiger partial charge in [0.1, 0.15) is 0 Å². The van der Waals surface area contributed by atoms with Crippen LogP contribution < -0.4 is 10.9 Å². The Hall–Kier alpha value is -1.48. The second-order valence-corrected chi connectivity index (χ2v) is 5.41. The molecule has 0 bridgehead atoms. The summed E-state index contributed by atoms with van der Waals surface area (Å²) in [6.45, 7) is 0.212. The molecular weight excluding hydrogens is 258 g/mol. The van der Waals surface area contributed by atoms with E-state index in [9.17, 15) is 13.2 Å². The van der Waals surface area contributed by atoms with E-state index in [0.29, 0.717) is 11.1 Å². The molecular formula is C10H13N3O4S. The van der Waals surface area contributed by atoms with Crippen LogP contribution in [0.2, 0.25) is 0 Å². The summed E-state index contributed by atoms with van der Waals surface area (Å²) in [6, 6.07) is 6.76. The first kappa shape index (κ1) is 13.0. The maximum Gasteiger partial charge on any atom is 0.299 e. The van der Waals surface area contributed by atoms with Crippen molar-refractivity contribution >= 4 is 16.1 Å². The first-order valence-corrected chi connectivity index (χ1v) is 6.72. The van der Waals surface area contributed by atoms with E-state index in [4.69, 9.17) is 15.7 Å². The summed E-state index contributed by atoms with van der Waals surface area (Å²) in [4.78, 5) is 16.3. The quantitative estimate of drug-likeness (QED) is 0.757. The molecule has 1 fully saturated rings. The van der Waals surface area contributed by atoms with Crippen molar-refractivity contribution in [2.75, 3.05) is 13.2 Å². The molecule has 1 aromatic rings. The zero-order valence-electron chi connectivity index (χ0n) is 9.44. The highest BCUT2D eigenvalue weighted by Crippen LogP contribution is 2.27. The number of nitrogens with zero attached hydrogens (tertiary/aromatic N) is 1. The van der Waals surface area contributed by atoms with Crippen LogP contribution in [0, 0.1) is 0 Å². The summed E-state index contributed by atoms with van der Waals surface area (Å²) < 4.78 is 23.0. The highest BCUT2D eigenvalue weighted by Gasteiger charge is 2.33. The molecule has 1 aromatic carbocycles. The summed E-state index contributed by atoms with van der Waals surface area (Å²) in [5.41, 5.74) is 6.29. The van der Waals surface area contributed by atoms with Gasteiger partial charge in [-0.1, -0.05) is 22.7 Å². The van der Waals surface area contributed by atoms with E-state index in [1.165, 1.54) is 0 Å². The molecule has 1 amide bonds. The predicted octanol–water partition coefficient (Wildman–Crippen LogP) is -0.680. The van der Waals surface area contributed by atoms with E-state index < -0.39 is 16.1 Å². The van der Waals surface area contributed by atoms with Gasteiger partial charge in [-0.25, -0.2) is 5.14 Å². The third-order valence-electron chi connectivity index (χ3n) is 2.74. The molecule has 0 saturated carbocycles. The lowest BCUT2D eigenvalue weighted by atomic mass is 9.95. The van der Waals surface area contributed by atoms with Crippen LogP contribution in [0.5, 0.6) is 0 Å². The topological polar surface area (TPSA) is 116 Å². The Morgan fingerprint density at radius 3 is 2.61 bits per heavy atom. The van der Waals surface area contributed by atoms with Crippen molar-refractivity contribution in [2.45, 2.75) is 5.92 Å². The average Bonchev–Trinajstić information content (AvgIpc) is 2.77. The molecule has 1 aliphatic heterocycles. The third-order valence-corrected chi connectivity index (χ3v) is 3.56. The van der Waals surface area contributed by atoms with E-state index in [-0.39, 0.29) is 19.1 Å². The fourth-order valence-electron chi connectivity index (χ4n) is 1.90. The molecule has 18 heavy (non-hydrogen) atoms. The zero-order valence-corrected chi connectivity index (χ0v) is 10.3. The van der Waals surface area contributed by atoms with Gasteiger partial charge >= 0.3 is 0 Å². The molecule has 4 N–H and O–H groups in total. The maximum atomic E-state index is 11.3. The minimum atomic E-state index is -3.88. The van der Waals surface area contributed by atoms with Crippen LogP contribution in [-0.4, -0.2) is 31.9 Å². The molecule has 1 saturated heterocycles. The number of carbonyl (C=O) groups is 1. The second-order valence-electron chi connectivity index (χ2n) is 3.97. The molecule has 8 heteroatoms. The number of amides is 1. The molecule has 2 rings (SSSR count). The van der Waals surface area contributed by atoms with Gasteiger partial charge in [0.25, 0.3) is 10.2 Å². The molecule has 0 unspecified atom stereocenters. The Balaban J connectivity index is 2.27. The molecule has 1 aliphatic rings. The number of rotatable bonds is 3. The summed E-state index contributed by atoms with van der Waals surface area (Å²) in [6.07, 6.45) is 0. The van der Waals surface area contributed by atoms with Crippen LogP contribution in [0.3, 0.4) is 0 Å². The molecule has 7 nitrogen and oxygen atoms in total. The van der Waals surface area contributed by atoms with Crippen LogP contribution in [0.1, 0.15) is 21.8 Å². The lowest BCUT2D eigenvalue weighted by Gasteiger charge is -2.12. The summed E-state index contributed by atoms with van der Waals surface area (Å²) in [7, 11) is -3.88. The number of hydroxylamine groups is 1. The van der Waals surface area contributed by atoms with Gasteiger partial charge in [-0.05, 0) is 11.6 Å². The minimum Gasteiger partial charge on any atom is -0.366 e. The molecule has 0 aliphatic carbocycles. The maximum absolute atomic E-state index is 11.3. The van der Waals surface area contributed by atoms with Crippen LogP contribution in [0.4, 0.5) is 0 Å². The van der Waals surface area contributed by atoms with Crippen molar-refractivity contribution in [3.63, 3.8) is 0 Å². The highest BCUT2D eigenvalue weighted by atomic mass is 32.2. The Kier molecular flexibility index (Phi) is 3.35. The van der Waals surface area contributed by atoms with Crippen molar-refractivity contribution < 1.29 is 18.0 Å². The Labute approximate surface area is 104 Å². The van der Waals surface area contributed by atoms with Crippen LogP contribution in [-0.2, 0) is 15.0 Å². The SMILES string of the molecule is NC(=O)c1ccccc1[C@@H]1CON(S(N)(=O)=O)C1. The molecule has 0 aromatic heterocycles. The number of hydrogen-bond donors (Lipinski definition) is 2. The van der Waals surface area contributed by atoms with Crippen molar-refractivity contribution in [3.05, 3.63) is 35.4 Å². The van der Waals surface area contributed by atoms with Gasteiger partial charge in [-0.15, -0.1) is 0 Å². The Morgan fingerprint density at radius 1 is 1.39 bits per heavy atom. The van der Waals surface area contributed by atoms with E-state index in [2.05, 4.69) is 0 Å². The van der Waals surface area contributed by atoms with Gasteiger partial charge in [0.05, 0.1) is 13.2 Å². The van der Waals surface area contributed by atoms with Crippen molar-refractivity contribution in [1.29, 1.82) is 0 Å². The van der Waals surface area contributed by atoms with Gasteiger partial charge in [-0.2, -0.15) is 8.42 Å². The van der Waals surface area contributed by atoms with E-state index in [0.717, 1.165) is 4.47 Å². The number of benzene rings is 1. The monoisotopic (exact) mass is 271 g/mol. The fourth-order valence-corrected chi connectivity index (χ4v) is 2.50. The van der Waals surface area contributed by atoms with Crippen molar-refractivity contribution in [2.24, 2.45) is 10.9 Å². The molecule has 1 heterocycles. The highest BCUT2D eigenvalue weighted by molar-refractivity contribution is 7.86. The van der Waals surface area contributed by atoms with E-state index in [1.54, 1.807) is 24.3 Å². The smallest absolute Gasteiger partial charge is 0.299 e. The van der Waals surface area contributed by atoms with Gasteiger partial charge in [0.15, 0.2) is 0 Å². The summed E-state index contributed by atoms with van der Waals surface area (Å²) in [5.74, 6) is -0.813. The van der Waals surface area contributed by atoms with Gasteiger partial charge in [0, 0.05) is 11.5 Å². The predicted molar refractivity (Wildman–Crippen MR) is 63.5 cm³/mol.